The zero-order chi connectivity index (χ0) is 10.6. The average Bonchev–Trinajstić information content (AvgIpc) is 2.57. The van der Waals surface area contributed by atoms with Gasteiger partial charge in [-0.1, -0.05) is 6.92 Å². The van der Waals surface area contributed by atoms with Crippen LogP contribution >= 0.6 is 0 Å². The Bertz CT molecular complexity index is 221. The monoisotopic (exact) mass is 196 g/mol. The van der Waals surface area contributed by atoms with Crippen LogP contribution in [-0.4, -0.2) is 18.3 Å². The number of hydrogen-bond acceptors (Lipinski definition) is 2. The van der Waals surface area contributed by atoms with E-state index in [1.54, 1.807) is 0 Å². The van der Waals surface area contributed by atoms with E-state index in [4.69, 9.17) is 9.31 Å². The highest BCUT2D eigenvalue weighted by Crippen LogP contribution is 2.46. The highest BCUT2D eigenvalue weighted by atomic mass is 16.7. The zero-order valence-corrected chi connectivity index (χ0v) is 9.96. The van der Waals surface area contributed by atoms with Crippen molar-refractivity contribution in [1.29, 1.82) is 0 Å². The molecule has 2 atom stereocenters. The fourth-order valence-corrected chi connectivity index (χ4v) is 2.04. The Kier molecular flexibility index (Phi) is 2.24. The molecule has 80 valence electrons. The number of rotatable bonds is 2. The van der Waals surface area contributed by atoms with E-state index in [0.29, 0.717) is 0 Å². The third kappa shape index (κ3) is 1.72. The molecule has 14 heavy (non-hydrogen) atoms. The van der Waals surface area contributed by atoms with E-state index in [2.05, 4.69) is 34.6 Å². The molecular formula is C11H21BO2. The van der Waals surface area contributed by atoms with Gasteiger partial charge in [0.1, 0.15) is 0 Å². The SMILES string of the molecule is C[C@@H]1C[C@H]1CB1OC(C)(C)C(C)(C)O1. The highest BCUT2D eigenvalue weighted by Gasteiger charge is 2.52. The highest BCUT2D eigenvalue weighted by molar-refractivity contribution is 6.45. The fraction of sp³-hybridized carbons (Fsp3) is 1.00. The molecule has 0 aromatic carbocycles. The van der Waals surface area contributed by atoms with Gasteiger partial charge in [0.15, 0.2) is 0 Å². The van der Waals surface area contributed by atoms with E-state index in [-0.39, 0.29) is 18.3 Å². The van der Waals surface area contributed by atoms with Gasteiger partial charge in [0.2, 0.25) is 0 Å². The van der Waals surface area contributed by atoms with Gasteiger partial charge in [0.05, 0.1) is 11.2 Å². The Morgan fingerprint density at radius 3 is 1.93 bits per heavy atom. The molecule has 0 aromatic rings. The van der Waals surface area contributed by atoms with E-state index < -0.39 is 0 Å². The summed E-state index contributed by atoms with van der Waals surface area (Å²) in [4.78, 5) is 0. The van der Waals surface area contributed by atoms with Crippen LogP contribution in [0.15, 0.2) is 0 Å². The minimum atomic E-state index is -0.157. The summed E-state index contributed by atoms with van der Waals surface area (Å²) in [7, 11) is 0.0231. The Hall–Kier alpha value is -0.0151. The van der Waals surface area contributed by atoms with Crippen molar-refractivity contribution in [2.75, 3.05) is 0 Å². The molecule has 1 aliphatic heterocycles. The molecule has 0 N–H and O–H groups in total. The molecule has 2 aliphatic rings. The van der Waals surface area contributed by atoms with Crippen LogP contribution in [0.5, 0.6) is 0 Å². The second kappa shape index (κ2) is 2.99. The molecule has 1 heterocycles. The van der Waals surface area contributed by atoms with Gasteiger partial charge in [0.25, 0.3) is 0 Å². The molecule has 3 heteroatoms. The topological polar surface area (TPSA) is 18.5 Å². The molecule has 0 spiro atoms. The molecule has 0 radical (unpaired) electrons. The Balaban J connectivity index is 1.93. The van der Waals surface area contributed by atoms with Crippen LogP contribution in [0, 0.1) is 11.8 Å². The summed E-state index contributed by atoms with van der Waals surface area (Å²) >= 11 is 0. The Morgan fingerprint density at radius 2 is 1.57 bits per heavy atom. The van der Waals surface area contributed by atoms with Gasteiger partial charge in [-0.3, -0.25) is 0 Å². The van der Waals surface area contributed by atoms with Crippen molar-refractivity contribution < 1.29 is 9.31 Å². The summed E-state index contributed by atoms with van der Waals surface area (Å²) < 4.78 is 11.9. The second-order valence-corrected chi connectivity index (χ2v) is 5.89. The molecule has 2 rings (SSSR count). The largest absolute Gasteiger partial charge is 0.458 e. The lowest BCUT2D eigenvalue weighted by molar-refractivity contribution is 0.00578. The molecule has 2 nitrogen and oxygen atoms in total. The fourth-order valence-electron chi connectivity index (χ4n) is 2.04. The molecule has 0 bridgehead atoms. The third-order valence-corrected chi connectivity index (χ3v) is 4.07. The van der Waals surface area contributed by atoms with Gasteiger partial charge in [0, 0.05) is 0 Å². The van der Waals surface area contributed by atoms with Crippen molar-refractivity contribution in [2.24, 2.45) is 11.8 Å². The summed E-state index contributed by atoms with van der Waals surface area (Å²) in [6.07, 6.45) is 2.43. The van der Waals surface area contributed by atoms with Gasteiger partial charge in [-0.15, -0.1) is 0 Å². The normalized spacial score (nSPS) is 38.8. The molecule has 0 aromatic heterocycles. The maximum absolute atomic E-state index is 5.94. The first-order valence-corrected chi connectivity index (χ1v) is 5.67. The number of hydrogen-bond donors (Lipinski definition) is 0. The Labute approximate surface area is 87.5 Å². The molecular weight excluding hydrogens is 175 g/mol. The van der Waals surface area contributed by atoms with Crippen molar-refractivity contribution in [3.63, 3.8) is 0 Å². The summed E-state index contributed by atoms with van der Waals surface area (Å²) in [5.74, 6) is 1.72. The van der Waals surface area contributed by atoms with E-state index in [1.165, 1.54) is 6.42 Å². The summed E-state index contributed by atoms with van der Waals surface area (Å²) in [6, 6.07) is 0. The van der Waals surface area contributed by atoms with Crippen LogP contribution in [0.25, 0.3) is 0 Å². The van der Waals surface area contributed by atoms with E-state index >= 15 is 0 Å². The van der Waals surface area contributed by atoms with Crippen LogP contribution < -0.4 is 0 Å². The van der Waals surface area contributed by atoms with Crippen molar-refractivity contribution in [2.45, 2.75) is 58.6 Å². The summed E-state index contributed by atoms with van der Waals surface area (Å²) in [5.41, 5.74) is -0.314. The molecule has 1 saturated carbocycles. The van der Waals surface area contributed by atoms with E-state index in [0.717, 1.165) is 18.2 Å². The van der Waals surface area contributed by atoms with Gasteiger partial charge < -0.3 is 9.31 Å². The van der Waals surface area contributed by atoms with Crippen LogP contribution in [0.3, 0.4) is 0 Å². The lowest BCUT2D eigenvalue weighted by Crippen LogP contribution is -2.41. The van der Waals surface area contributed by atoms with E-state index in [9.17, 15) is 0 Å². The van der Waals surface area contributed by atoms with Crippen molar-refractivity contribution in [1.82, 2.24) is 0 Å². The van der Waals surface area contributed by atoms with Crippen LogP contribution in [-0.2, 0) is 9.31 Å². The Morgan fingerprint density at radius 1 is 1.14 bits per heavy atom. The standard InChI is InChI=1S/C11H21BO2/c1-8-6-9(8)7-12-13-10(2,3)11(4,5)14-12/h8-9H,6-7H2,1-5H3/t8-,9+/m1/s1. The summed E-state index contributed by atoms with van der Waals surface area (Å²) in [5, 5.41) is 0. The minimum absolute atomic E-state index is 0.0231. The van der Waals surface area contributed by atoms with Gasteiger partial charge in [-0.05, 0) is 52.3 Å². The van der Waals surface area contributed by atoms with Crippen LogP contribution in [0.2, 0.25) is 6.32 Å². The summed E-state index contributed by atoms with van der Waals surface area (Å²) in [6.45, 7) is 10.8. The quantitative estimate of drug-likeness (QED) is 0.632. The van der Waals surface area contributed by atoms with Crippen LogP contribution in [0.1, 0.15) is 41.0 Å². The van der Waals surface area contributed by atoms with Crippen molar-refractivity contribution in [3.05, 3.63) is 0 Å². The molecule has 2 fully saturated rings. The molecule has 1 saturated heterocycles. The maximum atomic E-state index is 5.94. The van der Waals surface area contributed by atoms with Crippen molar-refractivity contribution in [3.8, 4) is 0 Å². The maximum Gasteiger partial charge on any atom is 0.458 e. The smallest absolute Gasteiger partial charge is 0.403 e. The molecule has 1 aliphatic carbocycles. The predicted molar refractivity (Wildman–Crippen MR) is 58.2 cm³/mol. The van der Waals surface area contributed by atoms with Gasteiger partial charge in [-0.25, -0.2) is 0 Å². The first-order valence-electron chi connectivity index (χ1n) is 5.67. The second-order valence-electron chi connectivity index (χ2n) is 5.89. The zero-order valence-electron chi connectivity index (χ0n) is 9.96. The lowest BCUT2D eigenvalue weighted by Gasteiger charge is -2.32. The van der Waals surface area contributed by atoms with Gasteiger partial charge in [-0.2, -0.15) is 0 Å². The average molecular weight is 196 g/mol. The third-order valence-electron chi connectivity index (χ3n) is 4.07. The molecule has 0 unspecified atom stereocenters. The molecule has 0 amide bonds. The first kappa shape index (κ1) is 10.5. The van der Waals surface area contributed by atoms with Crippen molar-refractivity contribution >= 4 is 7.12 Å². The van der Waals surface area contributed by atoms with E-state index in [1.807, 2.05) is 0 Å². The van der Waals surface area contributed by atoms with Gasteiger partial charge >= 0.3 is 7.12 Å². The minimum Gasteiger partial charge on any atom is -0.403 e. The lowest BCUT2D eigenvalue weighted by atomic mass is 9.81. The predicted octanol–water partition coefficient (Wildman–Crippen LogP) is 2.73. The van der Waals surface area contributed by atoms with Crippen LogP contribution in [0.4, 0.5) is 0 Å². The first-order chi connectivity index (χ1) is 6.32.